The summed E-state index contributed by atoms with van der Waals surface area (Å²) in [5, 5.41) is 2.96. The first-order valence-corrected chi connectivity index (χ1v) is 12.5. The standard InChI is InChI=1S/C24H24N2O4S2/c1-18-11-12-20(32(28,29)26-13-15-30-16-14-26)17-21(18)24(27)25-22-9-5-6-10-23(22)31-19-7-3-2-4-8-19/h2-12,17H,13-16H2,1H3,(H,25,27). The van der Waals surface area contributed by atoms with Crippen LogP contribution in [0.25, 0.3) is 0 Å². The molecule has 3 aromatic carbocycles. The minimum atomic E-state index is -3.69. The molecule has 0 unspecified atom stereocenters. The first-order valence-electron chi connectivity index (χ1n) is 10.3. The van der Waals surface area contributed by atoms with Crippen molar-refractivity contribution in [2.45, 2.75) is 21.6 Å². The molecule has 8 heteroatoms. The minimum Gasteiger partial charge on any atom is -0.379 e. The highest BCUT2D eigenvalue weighted by molar-refractivity contribution is 7.99. The van der Waals surface area contributed by atoms with Crippen LogP contribution >= 0.6 is 11.8 Å². The molecule has 4 rings (SSSR count). The Morgan fingerprint density at radius 1 is 0.969 bits per heavy atom. The summed E-state index contributed by atoms with van der Waals surface area (Å²) in [5.74, 6) is -0.345. The van der Waals surface area contributed by atoms with Crippen molar-refractivity contribution in [2.24, 2.45) is 0 Å². The fourth-order valence-corrected chi connectivity index (χ4v) is 5.76. The smallest absolute Gasteiger partial charge is 0.256 e. The third-order valence-electron chi connectivity index (χ3n) is 5.17. The Balaban J connectivity index is 1.59. The number of rotatable bonds is 6. The zero-order valence-electron chi connectivity index (χ0n) is 17.7. The number of amides is 1. The molecular weight excluding hydrogens is 444 g/mol. The number of hydrogen-bond acceptors (Lipinski definition) is 5. The van der Waals surface area contributed by atoms with Crippen LogP contribution in [0.2, 0.25) is 0 Å². The second kappa shape index (κ2) is 9.87. The van der Waals surface area contributed by atoms with Gasteiger partial charge in [0.05, 0.1) is 23.8 Å². The Morgan fingerprint density at radius 2 is 1.66 bits per heavy atom. The predicted molar refractivity (Wildman–Crippen MR) is 126 cm³/mol. The van der Waals surface area contributed by atoms with Gasteiger partial charge in [0.2, 0.25) is 10.0 Å². The van der Waals surface area contributed by atoms with Gasteiger partial charge in [0, 0.05) is 28.4 Å². The number of nitrogens with one attached hydrogen (secondary N) is 1. The molecule has 166 valence electrons. The molecule has 0 spiro atoms. The fraction of sp³-hybridized carbons (Fsp3) is 0.208. The molecule has 1 aliphatic rings. The van der Waals surface area contributed by atoms with E-state index in [1.54, 1.807) is 30.8 Å². The van der Waals surface area contributed by atoms with E-state index in [0.717, 1.165) is 9.79 Å². The zero-order chi connectivity index (χ0) is 22.6. The molecule has 6 nitrogen and oxygen atoms in total. The molecule has 32 heavy (non-hydrogen) atoms. The molecule has 3 aromatic rings. The number of carbonyl (C=O) groups excluding carboxylic acids is 1. The van der Waals surface area contributed by atoms with Crippen molar-refractivity contribution in [2.75, 3.05) is 31.6 Å². The van der Waals surface area contributed by atoms with E-state index in [4.69, 9.17) is 4.74 Å². The van der Waals surface area contributed by atoms with E-state index in [1.165, 1.54) is 10.4 Å². The zero-order valence-corrected chi connectivity index (χ0v) is 19.3. The molecular formula is C24H24N2O4S2. The number of benzene rings is 3. The van der Waals surface area contributed by atoms with Gasteiger partial charge in [0.1, 0.15) is 0 Å². The van der Waals surface area contributed by atoms with Crippen LogP contribution in [0.15, 0.2) is 87.5 Å². The molecule has 0 aliphatic carbocycles. The van der Waals surface area contributed by atoms with E-state index in [-0.39, 0.29) is 10.8 Å². The molecule has 0 aromatic heterocycles. The number of carbonyl (C=O) groups is 1. The third-order valence-corrected chi connectivity index (χ3v) is 8.15. The Morgan fingerprint density at radius 3 is 2.41 bits per heavy atom. The van der Waals surface area contributed by atoms with E-state index in [2.05, 4.69) is 5.32 Å². The summed E-state index contributed by atoms with van der Waals surface area (Å²) in [6.07, 6.45) is 0. The van der Waals surface area contributed by atoms with Gasteiger partial charge in [-0.25, -0.2) is 8.42 Å². The highest BCUT2D eigenvalue weighted by Gasteiger charge is 2.27. The third kappa shape index (κ3) is 5.05. The maximum Gasteiger partial charge on any atom is 0.256 e. The second-order valence-electron chi connectivity index (χ2n) is 7.36. The Hall–Kier alpha value is -2.65. The molecule has 0 saturated carbocycles. The average molecular weight is 469 g/mol. The Labute approximate surface area is 192 Å². The summed E-state index contributed by atoms with van der Waals surface area (Å²) in [6.45, 7) is 3.15. The maximum absolute atomic E-state index is 13.1. The number of nitrogens with zero attached hydrogens (tertiary/aromatic N) is 1. The van der Waals surface area contributed by atoms with Crippen molar-refractivity contribution in [3.8, 4) is 0 Å². The van der Waals surface area contributed by atoms with E-state index >= 15 is 0 Å². The summed E-state index contributed by atoms with van der Waals surface area (Å²) < 4.78 is 32.7. The summed E-state index contributed by atoms with van der Waals surface area (Å²) in [4.78, 5) is 15.2. The largest absolute Gasteiger partial charge is 0.379 e. The van der Waals surface area contributed by atoms with E-state index in [0.29, 0.717) is 43.1 Å². The highest BCUT2D eigenvalue weighted by Crippen LogP contribution is 2.33. The van der Waals surface area contributed by atoms with Gasteiger partial charge in [-0.05, 0) is 48.9 Å². The van der Waals surface area contributed by atoms with Crippen molar-refractivity contribution >= 4 is 33.4 Å². The van der Waals surface area contributed by atoms with Crippen molar-refractivity contribution in [3.63, 3.8) is 0 Å². The van der Waals surface area contributed by atoms with Crippen LogP contribution < -0.4 is 5.32 Å². The number of sulfonamides is 1. The topological polar surface area (TPSA) is 75.7 Å². The Kier molecular flexibility index (Phi) is 6.95. The SMILES string of the molecule is Cc1ccc(S(=O)(=O)N2CCOCC2)cc1C(=O)Nc1ccccc1Sc1ccccc1. The van der Waals surface area contributed by atoms with Gasteiger partial charge < -0.3 is 10.1 Å². The summed E-state index contributed by atoms with van der Waals surface area (Å²) in [7, 11) is -3.69. The number of para-hydroxylation sites is 1. The first-order chi connectivity index (χ1) is 15.4. The van der Waals surface area contributed by atoms with Gasteiger partial charge in [-0.1, -0.05) is 48.2 Å². The van der Waals surface area contributed by atoms with Crippen LogP contribution in [-0.2, 0) is 14.8 Å². The first kappa shape index (κ1) is 22.5. The van der Waals surface area contributed by atoms with Crippen LogP contribution in [0.5, 0.6) is 0 Å². The normalized spacial score (nSPS) is 14.8. The molecule has 0 radical (unpaired) electrons. The van der Waals surface area contributed by atoms with Crippen LogP contribution in [0.3, 0.4) is 0 Å². The fourth-order valence-electron chi connectivity index (χ4n) is 3.41. The number of morpholine rings is 1. The van der Waals surface area contributed by atoms with Crippen LogP contribution in [0.1, 0.15) is 15.9 Å². The average Bonchev–Trinajstić information content (AvgIpc) is 2.81. The minimum absolute atomic E-state index is 0.113. The van der Waals surface area contributed by atoms with E-state index in [9.17, 15) is 13.2 Å². The van der Waals surface area contributed by atoms with Crippen molar-refractivity contribution in [1.82, 2.24) is 4.31 Å². The van der Waals surface area contributed by atoms with Crippen molar-refractivity contribution in [3.05, 3.63) is 83.9 Å². The summed E-state index contributed by atoms with van der Waals surface area (Å²) in [5.41, 5.74) is 1.71. The molecule has 1 heterocycles. The van der Waals surface area contributed by atoms with Gasteiger partial charge in [0.25, 0.3) is 5.91 Å². The van der Waals surface area contributed by atoms with Gasteiger partial charge in [-0.3, -0.25) is 4.79 Å². The van der Waals surface area contributed by atoms with Crippen LogP contribution in [-0.4, -0.2) is 44.9 Å². The van der Waals surface area contributed by atoms with Crippen LogP contribution in [0.4, 0.5) is 5.69 Å². The second-order valence-corrected chi connectivity index (χ2v) is 10.4. The molecule has 1 amide bonds. The maximum atomic E-state index is 13.1. The lowest BCUT2D eigenvalue weighted by Crippen LogP contribution is -2.40. The number of ether oxygens (including phenoxy) is 1. The number of aryl methyl sites for hydroxylation is 1. The quantitative estimate of drug-likeness (QED) is 0.580. The molecule has 0 atom stereocenters. The molecule has 1 fully saturated rings. The van der Waals surface area contributed by atoms with Crippen molar-refractivity contribution < 1.29 is 17.9 Å². The van der Waals surface area contributed by atoms with Crippen LogP contribution in [0, 0.1) is 6.92 Å². The Bertz CT molecular complexity index is 1210. The lowest BCUT2D eigenvalue weighted by atomic mass is 10.1. The van der Waals surface area contributed by atoms with E-state index < -0.39 is 10.0 Å². The predicted octanol–water partition coefficient (Wildman–Crippen LogP) is 4.42. The monoisotopic (exact) mass is 468 g/mol. The molecule has 1 aliphatic heterocycles. The molecule has 1 N–H and O–H groups in total. The van der Waals surface area contributed by atoms with Gasteiger partial charge >= 0.3 is 0 Å². The van der Waals surface area contributed by atoms with Gasteiger partial charge in [-0.15, -0.1) is 0 Å². The van der Waals surface area contributed by atoms with Gasteiger partial charge in [0.15, 0.2) is 0 Å². The van der Waals surface area contributed by atoms with Gasteiger partial charge in [-0.2, -0.15) is 4.31 Å². The van der Waals surface area contributed by atoms with Crippen molar-refractivity contribution in [1.29, 1.82) is 0 Å². The summed E-state index contributed by atoms with van der Waals surface area (Å²) in [6, 6.07) is 22.1. The van der Waals surface area contributed by atoms with E-state index in [1.807, 2.05) is 54.6 Å². The number of anilines is 1. The summed E-state index contributed by atoms with van der Waals surface area (Å²) >= 11 is 1.55. The lowest BCUT2D eigenvalue weighted by Gasteiger charge is -2.26. The highest BCUT2D eigenvalue weighted by atomic mass is 32.2. The number of hydrogen-bond donors (Lipinski definition) is 1. The molecule has 0 bridgehead atoms. The lowest BCUT2D eigenvalue weighted by molar-refractivity contribution is 0.0730. The molecule has 1 saturated heterocycles.